The fourth-order valence-electron chi connectivity index (χ4n) is 4.09. The van der Waals surface area contributed by atoms with Gasteiger partial charge in [-0.25, -0.2) is 0 Å². The van der Waals surface area contributed by atoms with Crippen molar-refractivity contribution in [3.8, 4) is 0 Å². The Morgan fingerprint density at radius 3 is 2.61 bits per heavy atom. The number of carbonyl (C=O) groups is 1. The van der Waals surface area contributed by atoms with Gasteiger partial charge in [-0.15, -0.1) is 0 Å². The van der Waals surface area contributed by atoms with Gasteiger partial charge in [-0.05, 0) is 74.1 Å². The molecule has 1 aromatic heterocycles. The molecular formula is C26H31ClN2O2. The first kappa shape index (κ1) is 23.1. The van der Waals surface area contributed by atoms with E-state index in [4.69, 9.17) is 11.6 Å². The summed E-state index contributed by atoms with van der Waals surface area (Å²) in [5.74, 6) is 0.468. The number of rotatable bonds is 6. The highest BCUT2D eigenvalue weighted by molar-refractivity contribution is 6.31. The van der Waals surface area contributed by atoms with Crippen molar-refractivity contribution in [2.24, 2.45) is 5.92 Å². The van der Waals surface area contributed by atoms with Gasteiger partial charge in [-0.1, -0.05) is 43.0 Å². The fourth-order valence-corrected chi connectivity index (χ4v) is 4.26. The Morgan fingerprint density at radius 2 is 1.87 bits per heavy atom. The monoisotopic (exact) mass is 438 g/mol. The molecule has 0 radical (unpaired) electrons. The molecule has 0 unspecified atom stereocenters. The van der Waals surface area contributed by atoms with Crippen LogP contribution in [0.15, 0.2) is 53.6 Å². The number of aryl methyl sites for hydroxylation is 2. The van der Waals surface area contributed by atoms with Crippen molar-refractivity contribution in [3.63, 3.8) is 0 Å². The molecule has 3 rings (SSSR count). The van der Waals surface area contributed by atoms with Crippen LogP contribution >= 0.6 is 11.6 Å². The second-order valence-electron chi connectivity index (χ2n) is 8.45. The predicted octanol–water partition coefficient (Wildman–Crippen LogP) is 6.00. The van der Waals surface area contributed by atoms with Gasteiger partial charge >= 0.3 is 0 Å². The van der Waals surface area contributed by atoms with E-state index in [-0.39, 0.29) is 11.5 Å². The molecule has 1 aliphatic carbocycles. The SMILES string of the molecule is Cc1ccc(Cl)cc1C(=O)N(C)/C=C/C=C\c1c(C)ccn(CC2CCCCC2)c1=O. The second-order valence-corrected chi connectivity index (χ2v) is 8.89. The van der Waals surface area contributed by atoms with Crippen molar-refractivity contribution in [1.29, 1.82) is 0 Å². The molecule has 0 spiro atoms. The third-order valence-corrected chi connectivity index (χ3v) is 6.27. The molecule has 0 atom stereocenters. The molecule has 164 valence electrons. The van der Waals surface area contributed by atoms with Crippen LogP contribution in [0.1, 0.15) is 59.2 Å². The molecule has 1 saturated carbocycles. The third-order valence-electron chi connectivity index (χ3n) is 6.03. The Labute approximate surface area is 189 Å². The van der Waals surface area contributed by atoms with E-state index in [9.17, 15) is 9.59 Å². The number of amides is 1. The maximum Gasteiger partial charge on any atom is 0.258 e. The van der Waals surface area contributed by atoms with Gasteiger partial charge < -0.3 is 9.47 Å². The highest BCUT2D eigenvalue weighted by Gasteiger charge is 2.15. The van der Waals surface area contributed by atoms with E-state index < -0.39 is 0 Å². The molecule has 0 N–H and O–H groups in total. The van der Waals surface area contributed by atoms with Crippen molar-refractivity contribution < 1.29 is 4.79 Å². The van der Waals surface area contributed by atoms with Crippen molar-refractivity contribution in [3.05, 3.63) is 86.4 Å². The quantitative estimate of drug-likeness (QED) is 0.519. The van der Waals surface area contributed by atoms with Crippen LogP contribution in [0.4, 0.5) is 0 Å². The average Bonchev–Trinajstić information content (AvgIpc) is 2.77. The van der Waals surface area contributed by atoms with Gasteiger partial charge in [0.05, 0.1) is 0 Å². The first-order valence-corrected chi connectivity index (χ1v) is 11.3. The molecule has 31 heavy (non-hydrogen) atoms. The number of halogens is 1. The summed E-state index contributed by atoms with van der Waals surface area (Å²) >= 11 is 6.03. The van der Waals surface area contributed by atoms with Gasteiger partial charge in [0, 0.05) is 42.1 Å². The topological polar surface area (TPSA) is 42.3 Å². The van der Waals surface area contributed by atoms with Gasteiger partial charge in [-0.2, -0.15) is 0 Å². The summed E-state index contributed by atoms with van der Waals surface area (Å²) in [7, 11) is 1.71. The van der Waals surface area contributed by atoms with E-state index >= 15 is 0 Å². The molecule has 1 aromatic carbocycles. The van der Waals surface area contributed by atoms with Crippen LogP contribution in [-0.4, -0.2) is 22.4 Å². The van der Waals surface area contributed by atoms with E-state index in [1.807, 2.05) is 48.9 Å². The standard InChI is InChI=1S/C26H31ClN2O2/c1-19-12-13-22(27)17-24(19)25(30)28(3)15-8-7-11-23-20(2)14-16-29(26(23)31)18-21-9-5-4-6-10-21/h7-8,11-17,21H,4-6,9-10,18H2,1-3H3/b11-7-,15-8+. The largest absolute Gasteiger partial charge is 0.318 e. The first-order valence-electron chi connectivity index (χ1n) is 10.9. The van der Waals surface area contributed by atoms with Crippen LogP contribution in [0.2, 0.25) is 5.02 Å². The molecule has 0 bridgehead atoms. The number of nitrogens with zero attached hydrogens (tertiary/aromatic N) is 2. The summed E-state index contributed by atoms with van der Waals surface area (Å²) in [6, 6.07) is 7.30. The van der Waals surface area contributed by atoms with E-state index in [0.29, 0.717) is 22.1 Å². The summed E-state index contributed by atoms with van der Waals surface area (Å²) in [5, 5.41) is 0.537. The maximum absolute atomic E-state index is 13.0. The highest BCUT2D eigenvalue weighted by Crippen LogP contribution is 2.24. The number of pyridine rings is 1. The molecule has 4 nitrogen and oxygen atoms in total. The Balaban J connectivity index is 1.70. The molecule has 1 amide bonds. The molecule has 1 fully saturated rings. The van der Waals surface area contributed by atoms with Crippen LogP contribution < -0.4 is 5.56 Å². The summed E-state index contributed by atoms with van der Waals surface area (Å²) < 4.78 is 1.85. The minimum Gasteiger partial charge on any atom is -0.318 e. The summed E-state index contributed by atoms with van der Waals surface area (Å²) in [6.45, 7) is 4.64. The molecule has 1 aliphatic rings. The van der Waals surface area contributed by atoms with Crippen LogP contribution in [0.25, 0.3) is 6.08 Å². The second kappa shape index (κ2) is 10.6. The van der Waals surface area contributed by atoms with Crippen molar-refractivity contribution in [2.45, 2.75) is 52.5 Å². The zero-order valence-corrected chi connectivity index (χ0v) is 19.4. The van der Waals surface area contributed by atoms with E-state index in [1.165, 1.54) is 37.0 Å². The molecule has 0 aliphatic heterocycles. The van der Waals surface area contributed by atoms with Crippen LogP contribution in [-0.2, 0) is 6.54 Å². The predicted molar refractivity (Wildman–Crippen MR) is 128 cm³/mol. The van der Waals surface area contributed by atoms with Crippen LogP contribution in [0.5, 0.6) is 0 Å². The lowest BCUT2D eigenvalue weighted by atomic mass is 9.89. The number of benzene rings is 1. The van der Waals surface area contributed by atoms with Crippen molar-refractivity contribution >= 4 is 23.6 Å². The summed E-state index contributed by atoms with van der Waals surface area (Å²) in [4.78, 5) is 27.1. The van der Waals surface area contributed by atoms with Gasteiger partial charge in [0.25, 0.3) is 11.5 Å². The van der Waals surface area contributed by atoms with Gasteiger partial charge in [0.1, 0.15) is 0 Å². The maximum atomic E-state index is 13.0. The molecule has 5 heteroatoms. The lowest BCUT2D eigenvalue weighted by Crippen LogP contribution is -2.26. The van der Waals surface area contributed by atoms with Gasteiger partial charge in [0.15, 0.2) is 0 Å². The van der Waals surface area contributed by atoms with Crippen LogP contribution in [0, 0.1) is 19.8 Å². The fraction of sp³-hybridized carbons (Fsp3) is 0.385. The van der Waals surface area contributed by atoms with Crippen molar-refractivity contribution in [2.75, 3.05) is 7.05 Å². The molecular weight excluding hydrogens is 408 g/mol. The first-order chi connectivity index (χ1) is 14.9. The van der Waals surface area contributed by atoms with Crippen LogP contribution in [0.3, 0.4) is 0 Å². The van der Waals surface area contributed by atoms with Gasteiger partial charge in [0.2, 0.25) is 0 Å². The zero-order chi connectivity index (χ0) is 22.4. The van der Waals surface area contributed by atoms with E-state index in [1.54, 1.807) is 31.5 Å². The smallest absolute Gasteiger partial charge is 0.258 e. The number of allylic oxidation sites excluding steroid dienone is 2. The lowest BCUT2D eigenvalue weighted by molar-refractivity contribution is 0.0849. The Hall–Kier alpha value is -2.59. The molecule has 0 saturated heterocycles. The van der Waals surface area contributed by atoms with Gasteiger partial charge in [-0.3, -0.25) is 9.59 Å². The molecule has 1 heterocycles. The number of carbonyl (C=O) groups excluding carboxylic acids is 1. The zero-order valence-electron chi connectivity index (χ0n) is 18.6. The Bertz CT molecular complexity index is 1050. The third kappa shape index (κ3) is 5.98. The number of hydrogen-bond acceptors (Lipinski definition) is 2. The molecule has 2 aromatic rings. The minimum absolute atomic E-state index is 0.0502. The minimum atomic E-state index is -0.129. The number of hydrogen-bond donors (Lipinski definition) is 0. The Morgan fingerprint density at radius 1 is 1.13 bits per heavy atom. The Kier molecular flexibility index (Phi) is 7.91. The number of aromatic nitrogens is 1. The summed E-state index contributed by atoms with van der Waals surface area (Å²) in [5.41, 5.74) is 3.15. The summed E-state index contributed by atoms with van der Waals surface area (Å²) in [6.07, 6.45) is 15.3. The van der Waals surface area contributed by atoms with E-state index in [2.05, 4.69) is 0 Å². The van der Waals surface area contributed by atoms with Crippen molar-refractivity contribution in [1.82, 2.24) is 9.47 Å². The highest BCUT2D eigenvalue weighted by atomic mass is 35.5. The average molecular weight is 439 g/mol. The van der Waals surface area contributed by atoms with E-state index in [0.717, 1.165) is 17.7 Å². The normalized spacial score (nSPS) is 15.1. The lowest BCUT2D eigenvalue weighted by Gasteiger charge is -2.22.